The van der Waals surface area contributed by atoms with Gasteiger partial charge in [0.05, 0.1) is 11.6 Å². The Morgan fingerprint density at radius 3 is 2.68 bits per heavy atom. The number of pyridine rings is 1. The van der Waals surface area contributed by atoms with Gasteiger partial charge < -0.3 is 14.6 Å². The van der Waals surface area contributed by atoms with Gasteiger partial charge in [-0.15, -0.1) is 0 Å². The highest BCUT2D eigenvalue weighted by Crippen LogP contribution is 2.30. The molecule has 94 valence electrons. The van der Waals surface area contributed by atoms with Crippen LogP contribution in [0.15, 0.2) is 51.8 Å². The van der Waals surface area contributed by atoms with Crippen LogP contribution in [-0.2, 0) is 0 Å². The van der Waals surface area contributed by atoms with E-state index in [1.807, 2.05) is 0 Å². The van der Waals surface area contributed by atoms with Crippen LogP contribution >= 0.6 is 0 Å². The minimum absolute atomic E-state index is 0.112. The lowest BCUT2D eigenvalue weighted by atomic mass is 10.2. The topological polar surface area (TPSA) is 83.6 Å². The smallest absolute Gasteiger partial charge is 0.193 e. The molecule has 0 bridgehead atoms. The Kier molecular flexibility index (Phi) is 2.45. The zero-order chi connectivity index (χ0) is 13.4. The van der Waals surface area contributed by atoms with Crippen molar-refractivity contribution >= 4 is 11.0 Å². The molecule has 0 aliphatic carbocycles. The standard InChI is InChI=1S/C14H9NO4/c16-8-5-11(18)14(15-7-8)13-6-10(17)9-3-1-2-4-12(9)19-13/h1-7,16,18H. The SMILES string of the molecule is O=c1cc(-c2ncc(O)cc2O)oc2ccccc12. The van der Waals surface area contributed by atoms with Gasteiger partial charge in [0, 0.05) is 12.1 Å². The molecule has 3 rings (SSSR count). The zero-order valence-corrected chi connectivity index (χ0v) is 9.70. The number of benzene rings is 1. The Hall–Kier alpha value is -2.82. The average Bonchev–Trinajstić information content (AvgIpc) is 2.38. The second kappa shape index (κ2) is 4.13. The summed E-state index contributed by atoms with van der Waals surface area (Å²) in [7, 11) is 0. The lowest BCUT2D eigenvalue weighted by Crippen LogP contribution is -2.00. The molecule has 0 fully saturated rings. The van der Waals surface area contributed by atoms with Crippen molar-refractivity contribution in [3.05, 3.63) is 52.8 Å². The molecule has 2 heterocycles. The van der Waals surface area contributed by atoms with Crippen LogP contribution in [0.2, 0.25) is 0 Å². The molecule has 0 atom stereocenters. The third-order valence-electron chi connectivity index (χ3n) is 2.72. The molecule has 0 saturated carbocycles. The van der Waals surface area contributed by atoms with E-state index < -0.39 is 0 Å². The fraction of sp³-hybridized carbons (Fsp3) is 0. The molecule has 19 heavy (non-hydrogen) atoms. The number of nitrogens with zero attached hydrogens (tertiary/aromatic N) is 1. The van der Waals surface area contributed by atoms with Crippen LogP contribution in [0.25, 0.3) is 22.4 Å². The fourth-order valence-electron chi connectivity index (χ4n) is 1.85. The van der Waals surface area contributed by atoms with Gasteiger partial charge in [-0.1, -0.05) is 12.1 Å². The Bertz CT molecular complexity index is 823. The number of aromatic hydroxyl groups is 2. The summed E-state index contributed by atoms with van der Waals surface area (Å²) < 4.78 is 5.55. The first-order chi connectivity index (χ1) is 9.15. The number of hydrogen-bond donors (Lipinski definition) is 2. The Morgan fingerprint density at radius 2 is 1.89 bits per heavy atom. The molecule has 5 heteroatoms. The fourth-order valence-corrected chi connectivity index (χ4v) is 1.85. The quantitative estimate of drug-likeness (QED) is 0.696. The van der Waals surface area contributed by atoms with Gasteiger partial charge in [0.25, 0.3) is 0 Å². The zero-order valence-electron chi connectivity index (χ0n) is 9.70. The first kappa shape index (κ1) is 11.3. The highest BCUT2D eigenvalue weighted by molar-refractivity contribution is 5.78. The first-order valence-corrected chi connectivity index (χ1v) is 5.56. The van der Waals surface area contributed by atoms with Crippen molar-refractivity contribution < 1.29 is 14.6 Å². The summed E-state index contributed by atoms with van der Waals surface area (Å²) in [5.41, 5.74) is 0.311. The molecule has 0 unspecified atom stereocenters. The summed E-state index contributed by atoms with van der Waals surface area (Å²) in [5, 5.41) is 19.4. The summed E-state index contributed by atoms with van der Waals surface area (Å²) in [6, 6.07) is 9.22. The van der Waals surface area contributed by atoms with E-state index in [1.165, 1.54) is 12.3 Å². The van der Waals surface area contributed by atoms with Crippen molar-refractivity contribution in [3.8, 4) is 23.0 Å². The lowest BCUT2D eigenvalue weighted by molar-refractivity contribution is 0.446. The highest BCUT2D eigenvalue weighted by atomic mass is 16.3. The first-order valence-electron chi connectivity index (χ1n) is 5.56. The van der Waals surface area contributed by atoms with Crippen molar-refractivity contribution in [1.82, 2.24) is 4.98 Å². The average molecular weight is 255 g/mol. The molecular weight excluding hydrogens is 246 g/mol. The third-order valence-corrected chi connectivity index (χ3v) is 2.72. The van der Waals surface area contributed by atoms with E-state index >= 15 is 0 Å². The molecule has 0 aliphatic rings. The number of fused-ring (bicyclic) bond motifs is 1. The van der Waals surface area contributed by atoms with E-state index in [0.29, 0.717) is 11.0 Å². The van der Waals surface area contributed by atoms with Crippen LogP contribution in [0.3, 0.4) is 0 Å². The van der Waals surface area contributed by atoms with E-state index in [2.05, 4.69) is 4.98 Å². The van der Waals surface area contributed by atoms with E-state index in [0.717, 1.165) is 6.07 Å². The van der Waals surface area contributed by atoms with Gasteiger partial charge in [-0.2, -0.15) is 0 Å². The van der Waals surface area contributed by atoms with Crippen molar-refractivity contribution in [2.75, 3.05) is 0 Å². The van der Waals surface area contributed by atoms with Gasteiger partial charge in [0.15, 0.2) is 11.2 Å². The van der Waals surface area contributed by atoms with Crippen LogP contribution in [0.4, 0.5) is 0 Å². The van der Waals surface area contributed by atoms with Crippen LogP contribution in [0.1, 0.15) is 0 Å². The van der Waals surface area contributed by atoms with Gasteiger partial charge in [-0.05, 0) is 12.1 Å². The molecule has 0 amide bonds. The maximum absolute atomic E-state index is 11.9. The van der Waals surface area contributed by atoms with Crippen molar-refractivity contribution in [2.45, 2.75) is 0 Å². The molecule has 5 nitrogen and oxygen atoms in total. The molecule has 0 spiro atoms. The van der Waals surface area contributed by atoms with Crippen LogP contribution in [0, 0.1) is 0 Å². The normalized spacial score (nSPS) is 10.7. The molecule has 0 aliphatic heterocycles. The highest BCUT2D eigenvalue weighted by Gasteiger charge is 2.12. The third kappa shape index (κ3) is 1.91. The maximum atomic E-state index is 11.9. The van der Waals surface area contributed by atoms with Gasteiger partial charge in [0.2, 0.25) is 0 Å². The molecule has 0 saturated heterocycles. The van der Waals surface area contributed by atoms with Crippen LogP contribution in [-0.4, -0.2) is 15.2 Å². The van der Waals surface area contributed by atoms with Crippen LogP contribution < -0.4 is 5.43 Å². The lowest BCUT2D eigenvalue weighted by Gasteiger charge is -2.04. The summed E-state index contributed by atoms with van der Waals surface area (Å²) in [6.07, 6.45) is 1.17. The van der Waals surface area contributed by atoms with Crippen LogP contribution in [0.5, 0.6) is 11.5 Å². The molecule has 0 radical (unpaired) electrons. The largest absolute Gasteiger partial charge is 0.506 e. The van der Waals surface area contributed by atoms with Gasteiger partial charge in [-0.3, -0.25) is 4.79 Å². The Labute approximate surface area is 107 Å². The minimum Gasteiger partial charge on any atom is -0.506 e. The summed E-state index contributed by atoms with van der Waals surface area (Å²) >= 11 is 0. The van der Waals surface area contributed by atoms with Crippen molar-refractivity contribution in [2.24, 2.45) is 0 Å². The molecule has 3 aromatic rings. The molecule has 1 aromatic carbocycles. The van der Waals surface area contributed by atoms with E-state index in [4.69, 9.17) is 4.42 Å². The summed E-state index contributed by atoms with van der Waals surface area (Å²) in [4.78, 5) is 15.8. The Balaban J connectivity index is 2.28. The maximum Gasteiger partial charge on any atom is 0.193 e. The van der Waals surface area contributed by atoms with Gasteiger partial charge >= 0.3 is 0 Å². The summed E-state index contributed by atoms with van der Waals surface area (Å²) in [6.45, 7) is 0. The molecule has 2 aromatic heterocycles. The number of rotatable bonds is 1. The number of hydrogen-bond acceptors (Lipinski definition) is 5. The number of aromatic nitrogens is 1. The van der Waals surface area contributed by atoms with Crippen molar-refractivity contribution in [3.63, 3.8) is 0 Å². The predicted octanol–water partition coefficient (Wildman–Crippen LogP) is 2.27. The minimum atomic E-state index is -0.251. The second-order valence-corrected chi connectivity index (χ2v) is 4.03. The van der Waals surface area contributed by atoms with Gasteiger partial charge in [0.1, 0.15) is 22.8 Å². The molecular formula is C14H9NO4. The monoisotopic (exact) mass is 255 g/mol. The van der Waals surface area contributed by atoms with Crippen molar-refractivity contribution in [1.29, 1.82) is 0 Å². The molecule has 2 N–H and O–H groups in total. The predicted molar refractivity (Wildman–Crippen MR) is 69.0 cm³/mol. The summed E-state index contributed by atoms with van der Waals surface area (Å²) in [5.74, 6) is -0.260. The van der Waals surface area contributed by atoms with E-state index in [9.17, 15) is 15.0 Å². The number of para-hydroxylation sites is 1. The van der Waals surface area contributed by atoms with E-state index in [-0.39, 0.29) is 28.4 Å². The van der Waals surface area contributed by atoms with Gasteiger partial charge in [-0.25, -0.2) is 4.98 Å². The van der Waals surface area contributed by atoms with E-state index in [1.54, 1.807) is 24.3 Å². The Morgan fingerprint density at radius 1 is 1.11 bits per heavy atom. The second-order valence-electron chi connectivity index (χ2n) is 4.03.